The summed E-state index contributed by atoms with van der Waals surface area (Å²) in [7, 11) is 1.41. The van der Waals surface area contributed by atoms with Crippen molar-refractivity contribution in [1.82, 2.24) is 9.47 Å². The van der Waals surface area contributed by atoms with Gasteiger partial charge in [0.05, 0.1) is 25.9 Å². The zero-order valence-corrected chi connectivity index (χ0v) is 17.2. The molecule has 0 aliphatic carbocycles. The Morgan fingerprint density at radius 2 is 1.76 bits per heavy atom. The Kier molecular flexibility index (Phi) is 5.97. The van der Waals surface area contributed by atoms with Crippen LogP contribution in [-0.2, 0) is 22.4 Å². The molecular weight excluding hydrogens is 364 g/mol. The zero-order valence-electron chi connectivity index (χ0n) is 17.2. The summed E-state index contributed by atoms with van der Waals surface area (Å²) in [5.41, 5.74) is 5.74. The van der Waals surface area contributed by atoms with Gasteiger partial charge in [-0.1, -0.05) is 30.3 Å². The van der Waals surface area contributed by atoms with Gasteiger partial charge in [0, 0.05) is 42.8 Å². The topological polar surface area (TPSA) is 43.7 Å². The number of esters is 1. The van der Waals surface area contributed by atoms with E-state index in [9.17, 15) is 4.79 Å². The first-order valence-electron chi connectivity index (χ1n) is 10.2. The summed E-state index contributed by atoms with van der Waals surface area (Å²) >= 11 is 0. The van der Waals surface area contributed by atoms with Crippen molar-refractivity contribution in [3.05, 3.63) is 70.9 Å². The van der Waals surface area contributed by atoms with Gasteiger partial charge >= 0.3 is 5.97 Å². The van der Waals surface area contributed by atoms with Crippen LogP contribution in [-0.4, -0.2) is 55.4 Å². The molecule has 1 fully saturated rings. The predicted octanol–water partition coefficient (Wildman–Crippen LogP) is 3.66. The molecule has 4 rings (SSSR count). The summed E-state index contributed by atoms with van der Waals surface area (Å²) in [6, 6.07) is 16.4. The highest BCUT2D eigenvalue weighted by molar-refractivity contribution is 5.89. The molecule has 0 radical (unpaired) electrons. The molecule has 0 amide bonds. The molecule has 0 spiro atoms. The highest BCUT2D eigenvalue weighted by Gasteiger charge is 2.16. The normalized spacial score (nSPS) is 15.0. The number of hydrogen-bond donors (Lipinski definition) is 0. The molecule has 1 aromatic heterocycles. The maximum Gasteiger partial charge on any atom is 0.337 e. The van der Waals surface area contributed by atoms with Crippen LogP contribution in [0.15, 0.2) is 48.5 Å². The molecule has 0 atom stereocenters. The predicted molar refractivity (Wildman–Crippen MR) is 115 cm³/mol. The Morgan fingerprint density at radius 3 is 2.48 bits per heavy atom. The minimum absolute atomic E-state index is 0.299. The summed E-state index contributed by atoms with van der Waals surface area (Å²) in [4.78, 5) is 14.2. The zero-order chi connectivity index (χ0) is 20.2. The number of methoxy groups -OCH3 is 1. The van der Waals surface area contributed by atoms with Crippen molar-refractivity contribution in [2.45, 2.75) is 19.9 Å². The molecular formula is C24H28N2O3. The van der Waals surface area contributed by atoms with Crippen LogP contribution in [0.2, 0.25) is 0 Å². The van der Waals surface area contributed by atoms with Gasteiger partial charge in [-0.05, 0) is 42.7 Å². The third kappa shape index (κ3) is 4.21. The molecule has 5 nitrogen and oxygen atoms in total. The van der Waals surface area contributed by atoms with Crippen molar-refractivity contribution in [2.24, 2.45) is 0 Å². The van der Waals surface area contributed by atoms with Crippen molar-refractivity contribution in [3.8, 4) is 0 Å². The maximum absolute atomic E-state index is 11.7. The van der Waals surface area contributed by atoms with E-state index in [1.165, 1.54) is 34.8 Å². The Morgan fingerprint density at radius 1 is 1.03 bits per heavy atom. The molecule has 1 aliphatic heterocycles. The lowest BCUT2D eigenvalue weighted by atomic mass is 10.0. The minimum atomic E-state index is -0.299. The monoisotopic (exact) mass is 392 g/mol. The number of fused-ring (bicyclic) bond motifs is 1. The van der Waals surface area contributed by atoms with Crippen molar-refractivity contribution >= 4 is 16.9 Å². The molecule has 2 heterocycles. The number of rotatable bonds is 6. The highest BCUT2D eigenvalue weighted by atomic mass is 16.5. The van der Waals surface area contributed by atoms with Gasteiger partial charge in [-0.15, -0.1) is 0 Å². The summed E-state index contributed by atoms with van der Waals surface area (Å²) in [5, 5.41) is 1.31. The number of para-hydroxylation sites is 1. The number of nitrogens with zero attached hydrogens (tertiary/aromatic N) is 2. The SMILES string of the molecule is COC(=O)c1ccc(Cc2c(C)n(CCN3CCOCC3)c3ccccc23)cc1. The fourth-order valence-corrected chi connectivity index (χ4v) is 4.16. The minimum Gasteiger partial charge on any atom is -0.465 e. The van der Waals surface area contributed by atoms with Gasteiger partial charge < -0.3 is 14.0 Å². The Balaban J connectivity index is 1.59. The van der Waals surface area contributed by atoms with Crippen molar-refractivity contribution in [3.63, 3.8) is 0 Å². The van der Waals surface area contributed by atoms with Gasteiger partial charge in [-0.2, -0.15) is 0 Å². The quantitative estimate of drug-likeness (QED) is 0.601. The van der Waals surface area contributed by atoms with E-state index in [1.54, 1.807) is 0 Å². The van der Waals surface area contributed by atoms with Crippen molar-refractivity contribution < 1.29 is 14.3 Å². The lowest BCUT2D eigenvalue weighted by Crippen LogP contribution is -2.38. The van der Waals surface area contributed by atoms with Gasteiger partial charge in [0.2, 0.25) is 0 Å². The second-order valence-corrected chi connectivity index (χ2v) is 7.55. The van der Waals surface area contributed by atoms with E-state index in [4.69, 9.17) is 9.47 Å². The number of aromatic nitrogens is 1. The van der Waals surface area contributed by atoms with Crippen molar-refractivity contribution in [2.75, 3.05) is 40.0 Å². The van der Waals surface area contributed by atoms with Gasteiger partial charge in [0.25, 0.3) is 0 Å². The van der Waals surface area contributed by atoms with E-state index in [0.717, 1.165) is 45.8 Å². The van der Waals surface area contributed by atoms with Gasteiger partial charge in [-0.3, -0.25) is 4.90 Å². The van der Waals surface area contributed by atoms with Gasteiger partial charge in [-0.25, -0.2) is 4.79 Å². The van der Waals surface area contributed by atoms with Crippen LogP contribution in [0.5, 0.6) is 0 Å². The van der Waals surface area contributed by atoms with Crippen molar-refractivity contribution in [1.29, 1.82) is 0 Å². The van der Waals surface area contributed by atoms with E-state index < -0.39 is 0 Å². The smallest absolute Gasteiger partial charge is 0.337 e. The van der Waals surface area contributed by atoms with Crippen LogP contribution < -0.4 is 0 Å². The fraction of sp³-hybridized carbons (Fsp3) is 0.375. The average molecular weight is 392 g/mol. The third-order valence-corrected chi connectivity index (χ3v) is 5.86. The average Bonchev–Trinajstić information content (AvgIpc) is 3.04. The highest BCUT2D eigenvalue weighted by Crippen LogP contribution is 2.28. The first kappa shape index (κ1) is 19.7. The molecule has 29 heavy (non-hydrogen) atoms. The molecule has 1 aliphatic rings. The van der Waals surface area contributed by atoms with Crippen LogP contribution in [0.4, 0.5) is 0 Å². The molecule has 0 N–H and O–H groups in total. The molecule has 0 unspecified atom stereocenters. The van der Waals surface area contributed by atoms with E-state index in [-0.39, 0.29) is 5.97 Å². The Labute approximate surface area is 171 Å². The second-order valence-electron chi connectivity index (χ2n) is 7.55. The first-order valence-corrected chi connectivity index (χ1v) is 10.2. The first-order chi connectivity index (χ1) is 14.2. The lowest BCUT2D eigenvalue weighted by Gasteiger charge is -2.27. The Bertz CT molecular complexity index is 985. The van der Waals surface area contributed by atoms with E-state index in [1.807, 2.05) is 24.3 Å². The van der Waals surface area contributed by atoms with E-state index >= 15 is 0 Å². The molecule has 152 valence electrons. The van der Waals surface area contributed by atoms with Crippen LogP contribution >= 0.6 is 0 Å². The number of benzene rings is 2. The third-order valence-electron chi connectivity index (χ3n) is 5.86. The largest absolute Gasteiger partial charge is 0.465 e. The number of carbonyl (C=O) groups is 1. The lowest BCUT2D eigenvalue weighted by molar-refractivity contribution is 0.0365. The van der Waals surface area contributed by atoms with Crippen LogP contribution in [0, 0.1) is 6.92 Å². The van der Waals surface area contributed by atoms with Crippen LogP contribution in [0.25, 0.3) is 10.9 Å². The molecule has 1 saturated heterocycles. The number of hydrogen-bond acceptors (Lipinski definition) is 4. The second kappa shape index (κ2) is 8.80. The Hall–Kier alpha value is -2.63. The van der Waals surface area contributed by atoms with Crippen LogP contribution in [0.1, 0.15) is 27.2 Å². The van der Waals surface area contributed by atoms with Gasteiger partial charge in [0.15, 0.2) is 0 Å². The summed E-state index contributed by atoms with van der Waals surface area (Å²) in [5.74, 6) is -0.299. The summed E-state index contributed by atoms with van der Waals surface area (Å²) in [6.45, 7) is 7.92. The van der Waals surface area contributed by atoms with Gasteiger partial charge in [0.1, 0.15) is 0 Å². The summed E-state index contributed by atoms with van der Waals surface area (Å²) in [6.07, 6.45) is 0.846. The summed E-state index contributed by atoms with van der Waals surface area (Å²) < 4.78 is 12.7. The maximum atomic E-state index is 11.7. The molecule has 5 heteroatoms. The number of morpholine rings is 1. The van der Waals surface area contributed by atoms with Crippen LogP contribution in [0.3, 0.4) is 0 Å². The number of carbonyl (C=O) groups excluding carboxylic acids is 1. The van der Waals surface area contributed by atoms with E-state index in [2.05, 4.69) is 40.7 Å². The molecule has 0 saturated carbocycles. The molecule has 3 aromatic rings. The fourth-order valence-electron chi connectivity index (χ4n) is 4.16. The standard InChI is InChI=1S/C24H28N2O3/c1-18-22(17-19-7-9-20(10-8-19)24(27)28-2)21-5-3-4-6-23(21)26(18)12-11-25-13-15-29-16-14-25/h3-10H,11-17H2,1-2H3. The van der Waals surface area contributed by atoms with E-state index in [0.29, 0.717) is 5.56 Å². The number of ether oxygens (including phenoxy) is 2. The molecule has 0 bridgehead atoms. The molecule has 2 aromatic carbocycles.